The molecule has 3 N–H and O–H groups in total. The highest BCUT2D eigenvalue weighted by Gasteiger charge is 2.46. The molecule has 122 valence electrons. The number of hydrogen-bond acceptors (Lipinski definition) is 9. The van der Waals surface area contributed by atoms with Gasteiger partial charge in [0.15, 0.2) is 12.4 Å². The highest BCUT2D eigenvalue weighted by atomic mass is 16.8. The summed E-state index contributed by atoms with van der Waals surface area (Å²) >= 11 is 0. The summed E-state index contributed by atoms with van der Waals surface area (Å²) in [6, 6.07) is 0. The van der Waals surface area contributed by atoms with Crippen molar-refractivity contribution in [3.63, 3.8) is 0 Å². The predicted octanol–water partition coefficient (Wildman–Crippen LogP) is -2.44. The van der Waals surface area contributed by atoms with Gasteiger partial charge in [-0.25, -0.2) is 0 Å². The second-order valence-electron chi connectivity index (χ2n) is 5.29. The van der Waals surface area contributed by atoms with Crippen LogP contribution >= 0.6 is 0 Å². The van der Waals surface area contributed by atoms with Gasteiger partial charge in [0.05, 0.1) is 39.6 Å². The van der Waals surface area contributed by atoms with E-state index in [-0.39, 0.29) is 38.1 Å². The van der Waals surface area contributed by atoms with E-state index in [0.717, 1.165) is 0 Å². The molecule has 0 bridgehead atoms. The van der Waals surface area contributed by atoms with Gasteiger partial charge in [-0.1, -0.05) is 0 Å². The van der Waals surface area contributed by atoms with Crippen molar-refractivity contribution in [2.75, 3.05) is 39.6 Å². The van der Waals surface area contributed by atoms with Crippen LogP contribution in [0.2, 0.25) is 0 Å². The van der Waals surface area contributed by atoms with Gasteiger partial charge in [-0.3, -0.25) is 0 Å². The van der Waals surface area contributed by atoms with Crippen molar-refractivity contribution in [1.29, 1.82) is 0 Å². The molecule has 0 aromatic heterocycles. The standard InChI is InChI=1S/C12H20O9/c13-10(11(14)19-4-7-1-16-7)12(15,20-5-8-2-17-8)21-6-9-3-18-9/h7-11,13-15H,1-6H2. The minimum Gasteiger partial charge on any atom is -0.380 e. The van der Waals surface area contributed by atoms with Crippen LogP contribution in [0.5, 0.6) is 0 Å². The first kappa shape index (κ1) is 15.5. The molecule has 5 unspecified atom stereocenters. The molecule has 3 saturated heterocycles. The van der Waals surface area contributed by atoms with Crippen molar-refractivity contribution < 1.29 is 43.7 Å². The van der Waals surface area contributed by atoms with Crippen molar-refractivity contribution >= 4 is 0 Å². The van der Waals surface area contributed by atoms with Crippen molar-refractivity contribution in [1.82, 2.24) is 0 Å². The SMILES string of the molecule is OC(OCC1CO1)C(O)C(O)(OCC1CO1)OCC1CO1. The number of aliphatic hydroxyl groups excluding tert-OH is 2. The summed E-state index contributed by atoms with van der Waals surface area (Å²) in [6.07, 6.45) is -3.82. The first-order valence-electron chi connectivity index (χ1n) is 6.89. The number of rotatable bonds is 11. The first-order valence-corrected chi connectivity index (χ1v) is 6.89. The fraction of sp³-hybridized carbons (Fsp3) is 1.00. The van der Waals surface area contributed by atoms with Crippen molar-refractivity contribution in [2.24, 2.45) is 0 Å². The minimum atomic E-state index is -2.39. The molecule has 3 aliphatic heterocycles. The average Bonchev–Trinajstić information content (AvgIpc) is 3.32. The maximum Gasteiger partial charge on any atom is 0.313 e. The van der Waals surface area contributed by atoms with Crippen molar-refractivity contribution in [3.8, 4) is 0 Å². The predicted molar refractivity (Wildman–Crippen MR) is 64.0 cm³/mol. The Morgan fingerprint density at radius 1 is 0.905 bits per heavy atom. The molecule has 21 heavy (non-hydrogen) atoms. The van der Waals surface area contributed by atoms with E-state index < -0.39 is 18.4 Å². The molecule has 3 heterocycles. The van der Waals surface area contributed by atoms with Gasteiger partial charge in [-0.15, -0.1) is 0 Å². The van der Waals surface area contributed by atoms with Crippen LogP contribution in [0, 0.1) is 0 Å². The Kier molecular flexibility index (Phi) is 4.74. The van der Waals surface area contributed by atoms with E-state index in [0.29, 0.717) is 19.8 Å². The van der Waals surface area contributed by atoms with E-state index in [2.05, 4.69) is 0 Å². The van der Waals surface area contributed by atoms with Crippen LogP contribution in [0.1, 0.15) is 0 Å². The van der Waals surface area contributed by atoms with Gasteiger partial charge in [-0.05, 0) is 0 Å². The Morgan fingerprint density at radius 3 is 1.76 bits per heavy atom. The van der Waals surface area contributed by atoms with Crippen LogP contribution in [0.15, 0.2) is 0 Å². The number of aliphatic hydroxyl groups is 3. The lowest BCUT2D eigenvalue weighted by Gasteiger charge is -2.33. The second-order valence-corrected chi connectivity index (χ2v) is 5.29. The van der Waals surface area contributed by atoms with Crippen LogP contribution in [-0.4, -0.2) is 91.6 Å². The molecular formula is C12H20O9. The molecule has 3 rings (SSSR count). The van der Waals surface area contributed by atoms with E-state index in [1.54, 1.807) is 0 Å². The second kappa shape index (κ2) is 6.41. The summed E-state index contributed by atoms with van der Waals surface area (Å²) in [6.45, 7) is 1.80. The molecule has 0 aliphatic carbocycles. The van der Waals surface area contributed by atoms with Crippen LogP contribution in [0.4, 0.5) is 0 Å². The van der Waals surface area contributed by atoms with Gasteiger partial charge in [0.25, 0.3) is 0 Å². The van der Waals surface area contributed by atoms with Gasteiger partial charge in [0, 0.05) is 0 Å². The van der Waals surface area contributed by atoms with Crippen LogP contribution < -0.4 is 0 Å². The summed E-state index contributed by atoms with van der Waals surface area (Å²) in [5.74, 6) is -2.39. The molecule has 0 amide bonds. The van der Waals surface area contributed by atoms with Gasteiger partial charge < -0.3 is 43.7 Å². The van der Waals surface area contributed by atoms with E-state index in [1.807, 2.05) is 0 Å². The van der Waals surface area contributed by atoms with E-state index in [9.17, 15) is 15.3 Å². The third-order valence-electron chi connectivity index (χ3n) is 3.26. The monoisotopic (exact) mass is 308 g/mol. The summed E-state index contributed by atoms with van der Waals surface area (Å²) < 4.78 is 30.2. The van der Waals surface area contributed by atoms with Crippen LogP contribution in [-0.2, 0) is 28.4 Å². The third kappa shape index (κ3) is 4.81. The van der Waals surface area contributed by atoms with E-state index in [4.69, 9.17) is 28.4 Å². The smallest absolute Gasteiger partial charge is 0.313 e. The van der Waals surface area contributed by atoms with Crippen molar-refractivity contribution in [3.05, 3.63) is 0 Å². The minimum absolute atomic E-state index is 0.0392. The Hall–Kier alpha value is -0.360. The normalized spacial score (nSPS) is 35.9. The quantitative estimate of drug-likeness (QED) is 0.282. The average molecular weight is 308 g/mol. The van der Waals surface area contributed by atoms with E-state index in [1.165, 1.54) is 0 Å². The molecule has 0 aromatic carbocycles. The van der Waals surface area contributed by atoms with Gasteiger partial charge in [-0.2, -0.15) is 0 Å². The molecular weight excluding hydrogens is 288 g/mol. The van der Waals surface area contributed by atoms with Gasteiger partial charge in [0.1, 0.15) is 18.3 Å². The fourth-order valence-corrected chi connectivity index (χ4v) is 1.61. The lowest BCUT2D eigenvalue weighted by Crippen LogP contribution is -2.55. The lowest BCUT2D eigenvalue weighted by atomic mass is 10.2. The molecule has 0 aromatic rings. The first-order chi connectivity index (χ1) is 10.1. The molecule has 9 heteroatoms. The Morgan fingerprint density at radius 2 is 1.33 bits per heavy atom. The lowest BCUT2D eigenvalue weighted by molar-refractivity contribution is -0.419. The highest BCUT2D eigenvalue weighted by molar-refractivity contribution is 4.78. The Labute approximate surface area is 121 Å². The summed E-state index contributed by atoms with van der Waals surface area (Å²) in [7, 11) is 0. The molecule has 5 atom stereocenters. The molecule has 0 radical (unpaired) electrons. The topological polar surface area (TPSA) is 126 Å². The number of ether oxygens (including phenoxy) is 6. The zero-order valence-electron chi connectivity index (χ0n) is 11.4. The van der Waals surface area contributed by atoms with Crippen molar-refractivity contribution in [2.45, 2.75) is 36.7 Å². The maximum absolute atomic E-state index is 10.3. The van der Waals surface area contributed by atoms with Gasteiger partial charge in [0.2, 0.25) is 0 Å². The summed E-state index contributed by atoms with van der Waals surface area (Å²) in [5.41, 5.74) is 0. The fourth-order valence-electron chi connectivity index (χ4n) is 1.61. The largest absolute Gasteiger partial charge is 0.380 e. The molecule has 3 aliphatic rings. The Balaban J connectivity index is 1.50. The molecule has 9 nitrogen and oxygen atoms in total. The zero-order chi connectivity index (χ0) is 14.9. The zero-order valence-corrected chi connectivity index (χ0v) is 11.4. The van der Waals surface area contributed by atoms with Crippen LogP contribution in [0.25, 0.3) is 0 Å². The summed E-state index contributed by atoms with van der Waals surface area (Å²) in [4.78, 5) is 0. The maximum atomic E-state index is 10.3. The van der Waals surface area contributed by atoms with E-state index >= 15 is 0 Å². The number of hydrogen-bond donors (Lipinski definition) is 3. The third-order valence-corrected chi connectivity index (χ3v) is 3.26. The highest BCUT2D eigenvalue weighted by Crippen LogP contribution is 2.24. The molecule has 0 spiro atoms. The Bertz CT molecular complexity index is 324. The summed E-state index contributed by atoms with van der Waals surface area (Å²) in [5, 5.41) is 30.1. The number of epoxide rings is 3. The van der Waals surface area contributed by atoms with Gasteiger partial charge >= 0.3 is 5.97 Å². The molecule has 3 fully saturated rings. The van der Waals surface area contributed by atoms with Crippen LogP contribution in [0.3, 0.4) is 0 Å². The molecule has 0 saturated carbocycles.